The molecule has 2 bridgehead atoms. The molecule has 3 aliphatic rings. The number of hydrogen-bond acceptors (Lipinski definition) is 15. The van der Waals surface area contributed by atoms with E-state index in [1.165, 1.54) is 40.4 Å². The highest BCUT2D eigenvalue weighted by molar-refractivity contribution is 8.44. The van der Waals surface area contributed by atoms with Gasteiger partial charge >= 0.3 is 6.80 Å². The number of rotatable bonds is 2. The highest BCUT2D eigenvalue weighted by Gasteiger charge is 2.54. The van der Waals surface area contributed by atoms with Crippen molar-refractivity contribution in [2.45, 2.75) is 49.2 Å². The zero-order valence-corrected chi connectivity index (χ0v) is 25.3. The Hall–Kier alpha value is -2.74. The summed E-state index contributed by atoms with van der Waals surface area (Å²) >= 11 is 3.99. The van der Waals surface area contributed by atoms with Gasteiger partial charge in [0.05, 0.1) is 31.6 Å². The van der Waals surface area contributed by atoms with Crippen molar-refractivity contribution in [3.05, 3.63) is 31.2 Å². The molecule has 0 aliphatic carbocycles. The van der Waals surface area contributed by atoms with Crippen LogP contribution in [0, 0.1) is 0 Å². The van der Waals surface area contributed by atoms with Crippen LogP contribution in [-0.4, -0.2) is 91.6 Å². The Morgan fingerprint density at radius 3 is 2.34 bits per heavy atom. The lowest BCUT2D eigenvalue weighted by Crippen LogP contribution is -2.34. The van der Waals surface area contributed by atoms with E-state index in [4.69, 9.17) is 39.0 Å². The third-order valence-electron chi connectivity index (χ3n) is 7.40. The average Bonchev–Trinajstić information content (AvgIpc) is 3.73. The van der Waals surface area contributed by atoms with E-state index in [1.54, 1.807) is 0 Å². The quantitative estimate of drug-likeness (QED) is 0.156. The van der Waals surface area contributed by atoms with Crippen molar-refractivity contribution in [2.24, 2.45) is 0 Å². The molecule has 3 fully saturated rings. The molecule has 0 amide bonds. The molecule has 23 heteroatoms. The van der Waals surface area contributed by atoms with Gasteiger partial charge in [-0.1, -0.05) is 12.2 Å². The monoisotopic (exact) mass is 673 g/mol. The van der Waals surface area contributed by atoms with Crippen LogP contribution in [0.5, 0.6) is 0 Å². The molecule has 0 spiro atoms. The van der Waals surface area contributed by atoms with Crippen LogP contribution in [0.3, 0.4) is 0 Å². The van der Waals surface area contributed by atoms with Crippen LogP contribution >= 0.6 is 26.5 Å². The van der Waals surface area contributed by atoms with E-state index in [9.17, 15) is 9.13 Å². The van der Waals surface area contributed by atoms with E-state index < -0.39 is 76.7 Å². The predicted octanol–water partition coefficient (Wildman–Crippen LogP) is 1.50. The van der Waals surface area contributed by atoms with Gasteiger partial charge in [-0.25, -0.2) is 38.3 Å². The van der Waals surface area contributed by atoms with E-state index in [1.807, 2.05) is 0 Å². The number of imidazole rings is 2. The van der Waals surface area contributed by atoms with E-state index in [2.05, 4.69) is 37.2 Å². The number of aromatic nitrogens is 7. The summed E-state index contributed by atoms with van der Waals surface area (Å²) in [6.07, 6.45) is -7.38. The maximum Gasteiger partial charge on any atom is 0.386 e. The SMILES string of the molecule is BP1(=O)OC[C@H]2O[C@@H](n3cnc4c(N)ncnc43)[C@H](F)[C@@H]2OP(=O)(S)OC[C@H]2O[C@@H](n3cnc4c(N)ccnc43)[C@H](O1)C2F. The fraction of sp³-hybridized carbons (Fsp3) is 0.476. The smallest absolute Gasteiger partial charge is 0.386 e. The van der Waals surface area contributed by atoms with Gasteiger partial charge in [-0.3, -0.25) is 22.7 Å². The molecule has 234 valence electrons. The minimum Gasteiger partial charge on any atom is -0.397 e. The number of nitrogens with two attached hydrogens (primary N) is 2. The number of nitrogens with zero attached hydrogens (tertiary/aromatic N) is 7. The van der Waals surface area contributed by atoms with Gasteiger partial charge in [0.1, 0.15) is 41.8 Å². The molecule has 4 N–H and O–H groups in total. The molecule has 0 radical (unpaired) electrons. The molecule has 0 saturated carbocycles. The first-order valence-electron chi connectivity index (χ1n) is 13.1. The van der Waals surface area contributed by atoms with Crippen molar-refractivity contribution in [1.29, 1.82) is 0 Å². The van der Waals surface area contributed by atoms with Gasteiger partial charge in [-0.05, 0) is 6.07 Å². The Balaban J connectivity index is 1.20. The summed E-state index contributed by atoms with van der Waals surface area (Å²) in [4.78, 5) is 20.5. The lowest BCUT2D eigenvalue weighted by atomic mass is 10.1. The van der Waals surface area contributed by atoms with Crippen LogP contribution in [0.1, 0.15) is 12.5 Å². The van der Waals surface area contributed by atoms with Crippen LogP contribution in [0.15, 0.2) is 31.2 Å². The van der Waals surface area contributed by atoms with E-state index in [0.29, 0.717) is 11.2 Å². The zero-order chi connectivity index (χ0) is 31.0. The second kappa shape index (κ2) is 11.0. The first-order valence-corrected chi connectivity index (χ1v) is 17.8. The molecule has 44 heavy (non-hydrogen) atoms. The molecule has 3 unspecified atom stereocenters. The number of alkyl halides is 2. The molecule has 0 aromatic carbocycles. The van der Waals surface area contributed by atoms with Gasteiger partial charge in [-0.2, -0.15) is 0 Å². The van der Waals surface area contributed by atoms with E-state index >= 15 is 8.78 Å². The fourth-order valence-electron chi connectivity index (χ4n) is 5.35. The minimum atomic E-state index is -4.39. The normalized spacial score (nSPS) is 38.2. The lowest BCUT2D eigenvalue weighted by Gasteiger charge is -2.27. The Morgan fingerprint density at radius 1 is 0.864 bits per heavy atom. The van der Waals surface area contributed by atoms with Crippen molar-refractivity contribution in [3.8, 4) is 0 Å². The van der Waals surface area contributed by atoms with Crippen LogP contribution in [0.2, 0.25) is 0 Å². The zero-order valence-electron chi connectivity index (χ0n) is 22.6. The van der Waals surface area contributed by atoms with Gasteiger partial charge in [0, 0.05) is 6.20 Å². The number of hydrogen-bond donors (Lipinski definition) is 3. The van der Waals surface area contributed by atoms with Crippen molar-refractivity contribution in [1.82, 2.24) is 34.1 Å². The predicted molar refractivity (Wildman–Crippen MR) is 154 cm³/mol. The van der Waals surface area contributed by atoms with Gasteiger partial charge < -0.3 is 30.0 Å². The largest absolute Gasteiger partial charge is 0.397 e. The number of nitrogen functional groups attached to an aromatic ring is 2. The molecule has 3 saturated heterocycles. The fourth-order valence-corrected chi connectivity index (χ4v) is 7.98. The van der Waals surface area contributed by atoms with Gasteiger partial charge in [0.15, 0.2) is 41.9 Å². The molecule has 17 nitrogen and oxygen atoms in total. The first kappa shape index (κ1) is 29.9. The Bertz CT molecular complexity index is 1840. The molecule has 7 rings (SSSR count). The number of halogens is 2. The second-order valence-electron chi connectivity index (χ2n) is 10.3. The number of thiol groups is 1. The average molecular weight is 673 g/mol. The van der Waals surface area contributed by atoms with Gasteiger partial charge in [-0.15, -0.1) is 0 Å². The number of fused-ring (bicyclic) bond motifs is 5. The maximum absolute atomic E-state index is 16.0. The summed E-state index contributed by atoms with van der Waals surface area (Å²) in [6.45, 7) is -5.63. The van der Waals surface area contributed by atoms with Crippen LogP contribution in [0.25, 0.3) is 22.3 Å². The summed E-state index contributed by atoms with van der Waals surface area (Å²) in [7, 11) is -3.00. The van der Waals surface area contributed by atoms with E-state index in [0.717, 1.165) is 7.57 Å². The molecule has 10 atom stereocenters. The van der Waals surface area contributed by atoms with E-state index in [-0.39, 0.29) is 22.6 Å². The van der Waals surface area contributed by atoms with Crippen molar-refractivity contribution in [2.75, 3.05) is 24.7 Å². The highest BCUT2D eigenvalue weighted by Crippen LogP contribution is 2.58. The first-order chi connectivity index (χ1) is 20.9. The molecular weight excluding hydrogens is 649 g/mol. The second-order valence-corrected chi connectivity index (χ2v) is 15.2. The topological polar surface area (TPSA) is 216 Å². The summed E-state index contributed by atoms with van der Waals surface area (Å²) in [5, 5.41) is 0. The highest BCUT2D eigenvalue weighted by atomic mass is 32.7. The van der Waals surface area contributed by atoms with Gasteiger partial charge in [0.2, 0.25) is 0 Å². The molecule has 7 heterocycles. The van der Waals surface area contributed by atoms with Gasteiger partial charge in [0.25, 0.3) is 15.0 Å². The van der Waals surface area contributed by atoms with Crippen LogP contribution < -0.4 is 11.5 Å². The van der Waals surface area contributed by atoms with Crippen LogP contribution in [0.4, 0.5) is 20.3 Å². The standard InChI is InChI=1S/C21H24BF2N9O8P2S/c22-42(34)36-4-10-15(12(24)20(39-10)32-7-31-14-17(26)28-5-29-19(14)32)41-43(35,44)37-3-9-11(23)16(40-42)21(38-9)33-6-30-13-8(25)1-2-27-18(13)33/h1-2,5-7,9-12,15-16,20-21H,3-4,22H2,(H2,25,27)(H,35,44)(H2,26,28,29)/t9-,10-,11?,12-,15-,16-,20-,21-,42?,43?/m1/s1. The third-order valence-corrected chi connectivity index (χ3v) is 10.3. The Kier molecular flexibility index (Phi) is 7.46. The van der Waals surface area contributed by atoms with Crippen molar-refractivity contribution < 1.29 is 45.5 Å². The Morgan fingerprint density at radius 2 is 1.55 bits per heavy atom. The maximum atomic E-state index is 16.0. The number of anilines is 2. The minimum absolute atomic E-state index is 0.0610. The Labute approximate surface area is 252 Å². The van der Waals surface area contributed by atoms with Crippen molar-refractivity contribution >= 4 is 67.9 Å². The molecular formula is C21H24BF2N9O8P2S. The molecule has 4 aromatic rings. The lowest BCUT2D eigenvalue weighted by molar-refractivity contribution is -0.0565. The summed E-state index contributed by atoms with van der Waals surface area (Å²) in [5.74, 6) is 0.0610. The molecule has 4 aromatic heterocycles. The van der Waals surface area contributed by atoms with Crippen LogP contribution in [-0.2, 0) is 36.7 Å². The van der Waals surface area contributed by atoms with Crippen molar-refractivity contribution in [3.63, 3.8) is 0 Å². The summed E-state index contributed by atoms with van der Waals surface area (Å²) < 4.78 is 95.3. The number of pyridine rings is 1. The summed E-state index contributed by atoms with van der Waals surface area (Å²) in [6, 6.07) is 1.54. The summed E-state index contributed by atoms with van der Waals surface area (Å²) in [5.41, 5.74) is 13.1. The number of ether oxygens (including phenoxy) is 2. The third kappa shape index (κ3) is 5.19. The molecule has 3 aliphatic heterocycles.